The van der Waals surface area contributed by atoms with Crippen LogP contribution in [-0.2, 0) is 16.9 Å². The monoisotopic (exact) mass is 253 g/mol. The van der Waals surface area contributed by atoms with Gasteiger partial charge in [-0.2, -0.15) is 4.98 Å². The zero-order valence-corrected chi connectivity index (χ0v) is 10.2. The summed E-state index contributed by atoms with van der Waals surface area (Å²) in [5.41, 5.74) is 6.53. The van der Waals surface area contributed by atoms with E-state index < -0.39 is 9.84 Å². The Morgan fingerprint density at radius 2 is 2.12 bits per heavy atom. The molecular formula is C9H11N5O2S. The number of aromatic nitrogens is 4. The van der Waals surface area contributed by atoms with Gasteiger partial charge in [-0.05, 0) is 0 Å². The highest BCUT2D eigenvalue weighted by Crippen LogP contribution is 2.23. The van der Waals surface area contributed by atoms with Gasteiger partial charge in [0.2, 0.25) is 5.95 Å². The van der Waals surface area contributed by atoms with E-state index in [0.29, 0.717) is 11.2 Å². The molecule has 8 heteroatoms. The summed E-state index contributed by atoms with van der Waals surface area (Å²) in [4.78, 5) is 11.8. The molecule has 2 N–H and O–H groups in total. The van der Waals surface area contributed by atoms with E-state index in [1.807, 2.05) is 0 Å². The van der Waals surface area contributed by atoms with Gasteiger partial charge in [-0.1, -0.05) is 6.58 Å². The van der Waals surface area contributed by atoms with E-state index in [1.165, 1.54) is 6.33 Å². The molecule has 0 fully saturated rings. The van der Waals surface area contributed by atoms with Crippen LogP contribution in [0.3, 0.4) is 0 Å². The Morgan fingerprint density at radius 1 is 1.47 bits per heavy atom. The molecule has 0 saturated carbocycles. The van der Waals surface area contributed by atoms with Crippen molar-refractivity contribution in [2.24, 2.45) is 7.05 Å². The molecular weight excluding hydrogens is 242 g/mol. The second kappa shape index (κ2) is 3.52. The molecule has 90 valence electrons. The zero-order chi connectivity index (χ0) is 12.8. The Bertz CT molecular complexity index is 716. The summed E-state index contributed by atoms with van der Waals surface area (Å²) in [7, 11) is -1.71. The molecule has 0 aromatic carbocycles. The SMILES string of the molecule is C=C(c1nc(N)nc2c1ncn2C)S(C)(=O)=O. The standard InChI is InChI=1S/C9H11N5O2S/c1-5(17(3,15)16)6-7-8(13-9(10)12-6)14(2)4-11-7/h4H,1H2,2-3H3,(H2,10,12,13). The van der Waals surface area contributed by atoms with Crippen molar-refractivity contribution in [1.29, 1.82) is 0 Å². The van der Waals surface area contributed by atoms with Gasteiger partial charge in [-0.15, -0.1) is 0 Å². The lowest BCUT2D eigenvalue weighted by atomic mass is 10.3. The highest BCUT2D eigenvalue weighted by molar-refractivity contribution is 7.99. The van der Waals surface area contributed by atoms with Crippen LogP contribution < -0.4 is 5.73 Å². The fourth-order valence-corrected chi connectivity index (χ4v) is 1.89. The molecule has 7 nitrogen and oxygen atoms in total. The van der Waals surface area contributed by atoms with E-state index in [1.54, 1.807) is 11.6 Å². The fourth-order valence-electron chi connectivity index (χ4n) is 1.39. The van der Waals surface area contributed by atoms with Crippen molar-refractivity contribution in [1.82, 2.24) is 19.5 Å². The highest BCUT2D eigenvalue weighted by atomic mass is 32.2. The smallest absolute Gasteiger partial charge is 0.222 e. The molecule has 0 saturated heterocycles. The summed E-state index contributed by atoms with van der Waals surface area (Å²) in [6.07, 6.45) is 2.57. The number of sulfone groups is 1. The maximum Gasteiger partial charge on any atom is 0.222 e. The molecule has 0 aliphatic rings. The van der Waals surface area contributed by atoms with Gasteiger partial charge in [0.25, 0.3) is 0 Å². The zero-order valence-electron chi connectivity index (χ0n) is 9.38. The Morgan fingerprint density at radius 3 is 2.71 bits per heavy atom. The van der Waals surface area contributed by atoms with Gasteiger partial charge in [0.1, 0.15) is 11.2 Å². The van der Waals surface area contributed by atoms with Crippen molar-refractivity contribution in [3.63, 3.8) is 0 Å². The van der Waals surface area contributed by atoms with Gasteiger partial charge in [-0.3, -0.25) is 0 Å². The van der Waals surface area contributed by atoms with Crippen LogP contribution in [0.15, 0.2) is 12.9 Å². The van der Waals surface area contributed by atoms with E-state index in [0.717, 1.165) is 6.26 Å². The van der Waals surface area contributed by atoms with E-state index in [9.17, 15) is 8.42 Å². The van der Waals surface area contributed by atoms with Gasteiger partial charge in [0.15, 0.2) is 15.5 Å². The third kappa shape index (κ3) is 1.86. The van der Waals surface area contributed by atoms with Crippen molar-refractivity contribution in [2.45, 2.75) is 0 Å². The number of nitrogen functional groups attached to an aromatic ring is 1. The quantitative estimate of drug-likeness (QED) is 0.805. The lowest BCUT2D eigenvalue weighted by Crippen LogP contribution is -2.06. The summed E-state index contributed by atoms with van der Waals surface area (Å²) < 4.78 is 24.5. The first kappa shape index (κ1) is 11.5. The van der Waals surface area contributed by atoms with Crippen LogP contribution in [0.2, 0.25) is 0 Å². The average Bonchev–Trinajstić information content (AvgIpc) is 2.57. The van der Waals surface area contributed by atoms with Crippen molar-refractivity contribution < 1.29 is 8.42 Å². The van der Waals surface area contributed by atoms with Crippen LogP contribution in [0.1, 0.15) is 5.69 Å². The number of aryl methyl sites for hydroxylation is 1. The average molecular weight is 253 g/mol. The minimum atomic E-state index is -3.44. The summed E-state index contributed by atoms with van der Waals surface area (Å²) in [5, 5.41) is 0. The lowest BCUT2D eigenvalue weighted by molar-refractivity contribution is 0.611. The van der Waals surface area contributed by atoms with E-state index in [2.05, 4.69) is 21.5 Å². The molecule has 2 aromatic rings. The number of rotatable bonds is 2. The molecule has 2 aromatic heterocycles. The molecule has 0 bridgehead atoms. The van der Waals surface area contributed by atoms with Crippen LogP contribution in [0.5, 0.6) is 0 Å². The third-order valence-corrected chi connectivity index (χ3v) is 3.38. The lowest BCUT2D eigenvalue weighted by Gasteiger charge is -2.04. The number of nitrogens with zero attached hydrogens (tertiary/aromatic N) is 4. The Labute approximate surface area is 97.9 Å². The van der Waals surface area contributed by atoms with Crippen molar-refractivity contribution in [3.05, 3.63) is 18.6 Å². The number of fused-ring (bicyclic) bond motifs is 1. The minimum absolute atomic E-state index is 0.0131. The molecule has 0 atom stereocenters. The molecule has 17 heavy (non-hydrogen) atoms. The molecule has 0 radical (unpaired) electrons. The summed E-state index contributed by atoms with van der Waals surface area (Å²) in [6.45, 7) is 3.51. The number of nitrogens with two attached hydrogens (primary N) is 1. The predicted molar refractivity (Wildman–Crippen MR) is 64.6 cm³/mol. The predicted octanol–water partition coefficient (Wildman–Crippen LogP) is -0.0392. The number of hydrogen-bond acceptors (Lipinski definition) is 6. The van der Waals surface area contributed by atoms with Gasteiger partial charge in [0, 0.05) is 13.3 Å². The maximum absolute atomic E-state index is 11.5. The Kier molecular flexibility index (Phi) is 2.39. The van der Waals surface area contributed by atoms with Crippen LogP contribution in [0, 0.1) is 0 Å². The van der Waals surface area contributed by atoms with Crippen molar-refractivity contribution >= 4 is 31.9 Å². The van der Waals surface area contributed by atoms with Gasteiger partial charge >= 0.3 is 0 Å². The van der Waals surface area contributed by atoms with Gasteiger partial charge in [0.05, 0.1) is 11.2 Å². The van der Waals surface area contributed by atoms with Gasteiger partial charge in [-0.25, -0.2) is 18.4 Å². The number of imidazole rings is 1. The van der Waals surface area contributed by atoms with E-state index in [4.69, 9.17) is 5.73 Å². The maximum atomic E-state index is 11.5. The van der Waals surface area contributed by atoms with Crippen LogP contribution in [-0.4, -0.2) is 34.2 Å². The third-order valence-electron chi connectivity index (χ3n) is 2.29. The highest BCUT2D eigenvalue weighted by Gasteiger charge is 2.19. The van der Waals surface area contributed by atoms with Gasteiger partial charge < -0.3 is 10.3 Å². The van der Waals surface area contributed by atoms with Crippen molar-refractivity contribution in [3.8, 4) is 0 Å². The summed E-state index contributed by atoms with van der Waals surface area (Å²) in [5.74, 6) is -0.0131. The minimum Gasteiger partial charge on any atom is -0.368 e. The molecule has 0 aliphatic carbocycles. The second-order valence-corrected chi connectivity index (χ2v) is 5.69. The number of anilines is 1. The van der Waals surface area contributed by atoms with E-state index >= 15 is 0 Å². The molecule has 0 spiro atoms. The Balaban J connectivity index is 2.82. The van der Waals surface area contributed by atoms with E-state index in [-0.39, 0.29) is 16.5 Å². The first-order chi connectivity index (χ1) is 7.80. The molecule has 0 aliphatic heterocycles. The normalized spacial score (nSPS) is 11.9. The first-order valence-corrected chi connectivity index (χ1v) is 6.53. The topological polar surface area (TPSA) is 104 Å². The van der Waals surface area contributed by atoms with Crippen LogP contribution in [0.4, 0.5) is 5.95 Å². The fraction of sp³-hybridized carbons (Fsp3) is 0.222. The molecule has 2 rings (SSSR count). The van der Waals surface area contributed by atoms with Crippen LogP contribution >= 0.6 is 0 Å². The molecule has 2 heterocycles. The van der Waals surface area contributed by atoms with Crippen LogP contribution in [0.25, 0.3) is 16.1 Å². The first-order valence-electron chi connectivity index (χ1n) is 4.64. The number of hydrogen-bond donors (Lipinski definition) is 1. The summed E-state index contributed by atoms with van der Waals surface area (Å²) in [6, 6.07) is 0. The second-order valence-electron chi connectivity index (χ2n) is 3.65. The molecule has 0 unspecified atom stereocenters. The molecule has 0 amide bonds. The van der Waals surface area contributed by atoms with Crippen molar-refractivity contribution in [2.75, 3.05) is 12.0 Å². The summed E-state index contributed by atoms with van der Waals surface area (Å²) >= 11 is 0. The Hall–Kier alpha value is -1.96. The largest absolute Gasteiger partial charge is 0.368 e.